The molecule has 2 N–H and O–H groups in total. The average molecular weight is 296 g/mol. The topological polar surface area (TPSA) is 43.8 Å². The van der Waals surface area contributed by atoms with E-state index in [2.05, 4.69) is 5.10 Å². The molecule has 0 spiro atoms. The van der Waals surface area contributed by atoms with E-state index in [1.54, 1.807) is 16.8 Å². The number of hydrogen-bond donors (Lipinski definition) is 1. The van der Waals surface area contributed by atoms with Crippen molar-refractivity contribution in [2.45, 2.75) is 39.8 Å². The van der Waals surface area contributed by atoms with Crippen molar-refractivity contribution in [1.29, 1.82) is 0 Å². The van der Waals surface area contributed by atoms with E-state index in [1.165, 1.54) is 6.07 Å². The minimum atomic E-state index is -0.314. The molecule has 2 rings (SSSR count). The van der Waals surface area contributed by atoms with Crippen molar-refractivity contribution in [2.75, 3.05) is 0 Å². The van der Waals surface area contributed by atoms with E-state index in [0.717, 1.165) is 23.4 Å². The third-order valence-corrected chi connectivity index (χ3v) is 3.97. The van der Waals surface area contributed by atoms with Crippen LogP contribution in [0.1, 0.15) is 41.9 Å². The van der Waals surface area contributed by atoms with Crippen molar-refractivity contribution in [3.63, 3.8) is 0 Å². The van der Waals surface area contributed by atoms with Crippen molar-refractivity contribution in [1.82, 2.24) is 9.78 Å². The standard InChI is InChI=1S/C15H19ClFN3/c1-4-14(18)15-9(2)19-20(10(15)3)8-11-12(16)6-5-7-13(11)17/h5-7,14H,4,8,18H2,1-3H3. The van der Waals surface area contributed by atoms with Gasteiger partial charge in [0.15, 0.2) is 0 Å². The average Bonchev–Trinajstić information content (AvgIpc) is 2.68. The van der Waals surface area contributed by atoms with E-state index in [0.29, 0.717) is 17.1 Å². The molecule has 1 atom stereocenters. The second-order valence-electron chi connectivity index (χ2n) is 4.96. The number of rotatable bonds is 4. The second kappa shape index (κ2) is 5.94. The van der Waals surface area contributed by atoms with Crippen LogP contribution in [0.3, 0.4) is 0 Å². The molecule has 0 radical (unpaired) electrons. The highest BCUT2D eigenvalue weighted by molar-refractivity contribution is 6.31. The Balaban J connectivity index is 2.40. The van der Waals surface area contributed by atoms with Crippen molar-refractivity contribution < 1.29 is 4.39 Å². The van der Waals surface area contributed by atoms with Gasteiger partial charge in [-0.1, -0.05) is 24.6 Å². The first kappa shape index (κ1) is 15.0. The first-order chi connectivity index (χ1) is 9.45. The molecule has 0 saturated heterocycles. The van der Waals surface area contributed by atoms with Gasteiger partial charge in [-0.25, -0.2) is 4.39 Å². The lowest BCUT2D eigenvalue weighted by Gasteiger charge is -2.11. The predicted octanol–water partition coefficient (Wildman–Crippen LogP) is 3.75. The molecule has 1 aromatic carbocycles. The molecule has 3 nitrogen and oxygen atoms in total. The molecular weight excluding hydrogens is 277 g/mol. The Bertz CT molecular complexity index is 602. The van der Waals surface area contributed by atoms with Gasteiger partial charge in [0.25, 0.3) is 0 Å². The maximum absolute atomic E-state index is 13.8. The van der Waals surface area contributed by atoms with Gasteiger partial charge < -0.3 is 5.73 Å². The van der Waals surface area contributed by atoms with E-state index in [4.69, 9.17) is 17.3 Å². The van der Waals surface area contributed by atoms with Crippen LogP contribution in [0.25, 0.3) is 0 Å². The lowest BCUT2D eigenvalue weighted by atomic mass is 10.0. The van der Waals surface area contributed by atoms with Crippen LogP contribution < -0.4 is 5.73 Å². The summed E-state index contributed by atoms with van der Waals surface area (Å²) < 4.78 is 15.6. The molecule has 0 amide bonds. The minimum Gasteiger partial charge on any atom is -0.324 e. The second-order valence-corrected chi connectivity index (χ2v) is 5.36. The summed E-state index contributed by atoms with van der Waals surface area (Å²) in [6, 6.07) is 4.65. The van der Waals surface area contributed by atoms with Crippen LogP contribution in [-0.2, 0) is 6.54 Å². The lowest BCUT2D eigenvalue weighted by molar-refractivity contribution is 0.578. The zero-order valence-electron chi connectivity index (χ0n) is 12.0. The number of hydrogen-bond acceptors (Lipinski definition) is 2. The van der Waals surface area contributed by atoms with Crippen molar-refractivity contribution in [2.24, 2.45) is 5.73 Å². The van der Waals surface area contributed by atoms with Gasteiger partial charge in [-0.3, -0.25) is 4.68 Å². The lowest BCUT2D eigenvalue weighted by Crippen LogP contribution is -2.12. The molecule has 108 valence electrons. The maximum atomic E-state index is 13.8. The zero-order chi connectivity index (χ0) is 14.9. The van der Waals surface area contributed by atoms with Gasteiger partial charge in [0, 0.05) is 27.9 Å². The molecule has 0 bridgehead atoms. The zero-order valence-corrected chi connectivity index (χ0v) is 12.7. The summed E-state index contributed by atoms with van der Waals surface area (Å²) >= 11 is 6.06. The first-order valence-corrected chi connectivity index (χ1v) is 7.05. The van der Waals surface area contributed by atoms with E-state index < -0.39 is 0 Å². The molecule has 1 unspecified atom stereocenters. The van der Waals surface area contributed by atoms with Gasteiger partial charge in [0.1, 0.15) is 5.82 Å². The highest BCUT2D eigenvalue weighted by Gasteiger charge is 2.18. The predicted molar refractivity (Wildman–Crippen MR) is 79.4 cm³/mol. The van der Waals surface area contributed by atoms with Crippen LogP contribution in [0.4, 0.5) is 4.39 Å². The van der Waals surface area contributed by atoms with E-state index in [1.807, 2.05) is 20.8 Å². The molecular formula is C15H19ClFN3. The summed E-state index contributed by atoms with van der Waals surface area (Å²) in [7, 11) is 0. The Kier molecular flexibility index (Phi) is 4.45. The molecule has 0 aliphatic carbocycles. The molecule has 5 heteroatoms. The Morgan fingerprint density at radius 2 is 2.10 bits per heavy atom. The Hall–Kier alpha value is -1.39. The van der Waals surface area contributed by atoms with E-state index in [9.17, 15) is 4.39 Å². The summed E-state index contributed by atoms with van der Waals surface area (Å²) in [5.41, 5.74) is 9.47. The van der Waals surface area contributed by atoms with Gasteiger partial charge in [-0.2, -0.15) is 5.10 Å². The summed E-state index contributed by atoms with van der Waals surface area (Å²) in [5.74, 6) is -0.314. The summed E-state index contributed by atoms with van der Waals surface area (Å²) in [6.45, 7) is 6.24. The highest BCUT2D eigenvalue weighted by atomic mass is 35.5. The molecule has 20 heavy (non-hydrogen) atoms. The Morgan fingerprint density at radius 3 is 2.70 bits per heavy atom. The number of aryl methyl sites for hydroxylation is 1. The third-order valence-electron chi connectivity index (χ3n) is 3.62. The van der Waals surface area contributed by atoms with E-state index >= 15 is 0 Å². The summed E-state index contributed by atoms with van der Waals surface area (Å²) in [6.07, 6.45) is 0.841. The number of nitrogens with zero attached hydrogens (tertiary/aromatic N) is 2. The van der Waals surface area contributed by atoms with Crippen molar-refractivity contribution in [3.05, 3.63) is 51.6 Å². The Morgan fingerprint density at radius 1 is 1.40 bits per heavy atom. The van der Waals surface area contributed by atoms with Gasteiger partial charge in [0.05, 0.1) is 12.2 Å². The Labute approximate surface area is 123 Å². The fraction of sp³-hybridized carbons (Fsp3) is 0.400. The SMILES string of the molecule is CCC(N)c1c(C)nn(Cc2c(F)cccc2Cl)c1C. The first-order valence-electron chi connectivity index (χ1n) is 6.68. The quantitative estimate of drug-likeness (QED) is 0.933. The normalized spacial score (nSPS) is 12.7. The molecule has 0 aliphatic heterocycles. The van der Waals surface area contributed by atoms with E-state index in [-0.39, 0.29) is 11.9 Å². The van der Waals surface area contributed by atoms with Crippen LogP contribution in [0.2, 0.25) is 5.02 Å². The molecule has 0 saturated carbocycles. The number of aromatic nitrogens is 2. The maximum Gasteiger partial charge on any atom is 0.129 e. The molecule has 0 fully saturated rings. The summed E-state index contributed by atoms with van der Waals surface area (Å²) in [5, 5.41) is 4.88. The van der Waals surface area contributed by atoms with Gasteiger partial charge >= 0.3 is 0 Å². The number of benzene rings is 1. The van der Waals surface area contributed by atoms with Crippen LogP contribution in [0, 0.1) is 19.7 Å². The molecule has 1 heterocycles. The van der Waals surface area contributed by atoms with Crippen LogP contribution in [0.5, 0.6) is 0 Å². The number of halogens is 2. The van der Waals surface area contributed by atoms with Crippen LogP contribution in [-0.4, -0.2) is 9.78 Å². The van der Waals surface area contributed by atoms with Gasteiger partial charge in [0.2, 0.25) is 0 Å². The van der Waals surface area contributed by atoms with Crippen molar-refractivity contribution in [3.8, 4) is 0 Å². The van der Waals surface area contributed by atoms with Gasteiger partial charge in [-0.15, -0.1) is 0 Å². The fourth-order valence-electron chi connectivity index (χ4n) is 2.44. The fourth-order valence-corrected chi connectivity index (χ4v) is 2.66. The van der Waals surface area contributed by atoms with Crippen LogP contribution >= 0.6 is 11.6 Å². The van der Waals surface area contributed by atoms with Crippen LogP contribution in [0.15, 0.2) is 18.2 Å². The smallest absolute Gasteiger partial charge is 0.129 e. The molecule has 2 aromatic rings. The van der Waals surface area contributed by atoms with Gasteiger partial charge in [-0.05, 0) is 32.4 Å². The highest BCUT2D eigenvalue weighted by Crippen LogP contribution is 2.25. The third kappa shape index (κ3) is 2.72. The number of nitrogens with two attached hydrogens (primary N) is 1. The molecule has 0 aliphatic rings. The minimum absolute atomic E-state index is 0.0418. The van der Waals surface area contributed by atoms with Crippen molar-refractivity contribution >= 4 is 11.6 Å². The monoisotopic (exact) mass is 295 g/mol. The molecule has 1 aromatic heterocycles. The summed E-state index contributed by atoms with van der Waals surface area (Å²) in [4.78, 5) is 0. The largest absolute Gasteiger partial charge is 0.324 e.